The summed E-state index contributed by atoms with van der Waals surface area (Å²) in [6, 6.07) is 12.8. The lowest BCUT2D eigenvalue weighted by molar-refractivity contribution is -0.147. The van der Waals surface area contributed by atoms with Crippen LogP contribution in [-0.2, 0) is 50.0 Å². The largest absolute Gasteiger partial charge is 0.508 e. The van der Waals surface area contributed by atoms with Gasteiger partial charge in [-0.15, -0.1) is 16.4 Å². The molecule has 0 aliphatic heterocycles. The summed E-state index contributed by atoms with van der Waals surface area (Å²) in [4.78, 5) is 30.7. The van der Waals surface area contributed by atoms with Crippen molar-refractivity contribution in [1.29, 1.82) is 0 Å². The Kier molecular flexibility index (Phi) is 10.5. The van der Waals surface area contributed by atoms with Crippen molar-refractivity contribution in [3.8, 4) is 11.5 Å². The number of aromatic hydroxyl groups is 1. The lowest BCUT2D eigenvalue weighted by atomic mass is 10.0. The van der Waals surface area contributed by atoms with Crippen molar-refractivity contribution in [3.05, 3.63) is 95.3 Å². The number of carbonyl (C=O) groups is 2. The number of sulfonamides is 1. The molecule has 0 spiro atoms. The molecular formula is C31H29F3N6O7S2. The standard InChI is InChI=1S/C31H29F3N6O7S2/c1-2-46-29(43)25(13-18-3-7-20(8-4-18)31(32,33)34)36-28(42)26(14-19-5-9-22(41)10-6-19)40-16-21(38-39-40)17-47-23-11-12-27-24(15-23)37-30(48-27)49(35,44)45/h3-12,15-16,25-26,41H,2,13-14,17H2,1H3,(H,36,42)(H2,35,44,45). The second-order valence-corrected chi connectivity index (χ2v) is 13.5. The second-order valence-electron chi connectivity index (χ2n) is 10.7. The summed E-state index contributed by atoms with van der Waals surface area (Å²) in [6.07, 6.45) is -3.16. The quantitative estimate of drug-likeness (QED) is 0.151. The molecule has 3 aromatic carbocycles. The Morgan fingerprint density at radius 3 is 2.37 bits per heavy atom. The maximum Gasteiger partial charge on any atom is 0.416 e. The Labute approximate surface area is 281 Å². The van der Waals surface area contributed by atoms with Gasteiger partial charge >= 0.3 is 12.1 Å². The van der Waals surface area contributed by atoms with Crippen LogP contribution in [0.3, 0.4) is 0 Å². The molecule has 0 aliphatic carbocycles. The fourth-order valence-corrected chi connectivity index (χ4v) is 6.35. The van der Waals surface area contributed by atoms with E-state index in [0.29, 0.717) is 32.8 Å². The second kappa shape index (κ2) is 14.6. The van der Waals surface area contributed by atoms with Crippen LogP contribution in [0.1, 0.15) is 35.3 Å². The summed E-state index contributed by atoms with van der Waals surface area (Å²) in [5, 5.41) is 25.8. The number of nitrogens with one attached hydrogen (secondary N) is 1. The van der Waals surface area contributed by atoms with E-state index in [-0.39, 0.29) is 36.1 Å². The van der Waals surface area contributed by atoms with Gasteiger partial charge in [-0.3, -0.25) is 4.79 Å². The molecule has 5 rings (SSSR count). The van der Waals surface area contributed by atoms with Gasteiger partial charge in [0.2, 0.25) is 10.2 Å². The van der Waals surface area contributed by atoms with Gasteiger partial charge < -0.3 is 19.9 Å². The van der Waals surface area contributed by atoms with E-state index in [9.17, 15) is 36.3 Å². The number of halogens is 3. The van der Waals surface area contributed by atoms with Crippen molar-refractivity contribution in [2.24, 2.45) is 5.14 Å². The van der Waals surface area contributed by atoms with Gasteiger partial charge in [-0.1, -0.05) is 29.5 Å². The summed E-state index contributed by atoms with van der Waals surface area (Å²) in [7, 11) is -3.97. The molecule has 0 saturated heterocycles. The summed E-state index contributed by atoms with van der Waals surface area (Å²) in [5.41, 5.74) is 0.829. The number of fused-ring (bicyclic) bond motifs is 1. The van der Waals surface area contributed by atoms with Gasteiger partial charge in [-0.2, -0.15) is 13.2 Å². The van der Waals surface area contributed by atoms with Crippen LogP contribution in [0.4, 0.5) is 13.2 Å². The van der Waals surface area contributed by atoms with E-state index < -0.39 is 45.7 Å². The van der Waals surface area contributed by atoms with Gasteiger partial charge in [-0.25, -0.2) is 28.0 Å². The smallest absolute Gasteiger partial charge is 0.416 e. The van der Waals surface area contributed by atoms with Gasteiger partial charge in [-0.05, 0) is 54.4 Å². The number of phenols is 1. The first-order chi connectivity index (χ1) is 23.2. The molecule has 4 N–H and O–H groups in total. The van der Waals surface area contributed by atoms with E-state index >= 15 is 0 Å². The number of phenolic OH excluding ortho intramolecular Hbond substituents is 1. The maximum absolute atomic E-state index is 13.8. The minimum Gasteiger partial charge on any atom is -0.508 e. The Morgan fingerprint density at radius 1 is 1.04 bits per heavy atom. The molecule has 0 bridgehead atoms. The Balaban J connectivity index is 1.35. The van der Waals surface area contributed by atoms with Gasteiger partial charge in [0.15, 0.2) is 0 Å². The Hall–Kier alpha value is -5.07. The topological polar surface area (TPSA) is 189 Å². The van der Waals surface area contributed by atoms with E-state index in [1.165, 1.54) is 41.2 Å². The van der Waals surface area contributed by atoms with Crippen molar-refractivity contribution in [2.45, 2.75) is 49.0 Å². The van der Waals surface area contributed by atoms with Gasteiger partial charge in [0.05, 0.1) is 28.6 Å². The molecule has 2 heterocycles. The number of benzene rings is 3. The van der Waals surface area contributed by atoms with Crippen LogP contribution < -0.4 is 15.2 Å². The molecule has 13 nitrogen and oxygen atoms in total. The van der Waals surface area contributed by atoms with E-state index in [0.717, 1.165) is 23.5 Å². The van der Waals surface area contributed by atoms with Crippen molar-refractivity contribution < 1.29 is 45.8 Å². The molecule has 1 amide bonds. The van der Waals surface area contributed by atoms with E-state index in [2.05, 4.69) is 20.6 Å². The minimum absolute atomic E-state index is 0.00424. The first-order valence-corrected chi connectivity index (χ1v) is 16.9. The number of carbonyl (C=O) groups excluding carboxylic acids is 2. The number of hydrogen-bond donors (Lipinski definition) is 3. The van der Waals surface area contributed by atoms with Crippen molar-refractivity contribution in [1.82, 2.24) is 25.3 Å². The molecule has 18 heteroatoms. The molecule has 2 aromatic heterocycles. The average molecular weight is 719 g/mol. The molecule has 2 unspecified atom stereocenters. The SMILES string of the molecule is CCOC(=O)C(Cc1ccc(C(F)(F)F)cc1)NC(=O)C(Cc1ccc(O)cc1)n1cc(COc2ccc3sc(S(N)(=O)=O)nc3c2)nn1. The van der Waals surface area contributed by atoms with Gasteiger partial charge in [0.1, 0.15) is 35.9 Å². The van der Waals surface area contributed by atoms with Crippen LogP contribution in [0.25, 0.3) is 10.2 Å². The number of nitrogens with zero attached hydrogens (tertiary/aromatic N) is 4. The van der Waals surface area contributed by atoms with Crippen LogP contribution in [0.2, 0.25) is 0 Å². The lowest BCUT2D eigenvalue weighted by Gasteiger charge is -2.22. The zero-order valence-electron chi connectivity index (χ0n) is 25.6. The van der Waals surface area contributed by atoms with Gasteiger partial charge in [0, 0.05) is 18.9 Å². The zero-order chi connectivity index (χ0) is 35.3. The summed E-state index contributed by atoms with van der Waals surface area (Å²) < 4.78 is 75.1. The number of primary sulfonamides is 1. The van der Waals surface area contributed by atoms with Crippen LogP contribution in [0.5, 0.6) is 11.5 Å². The first kappa shape index (κ1) is 35.2. The van der Waals surface area contributed by atoms with Gasteiger partial charge in [0.25, 0.3) is 10.0 Å². The van der Waals surface area contributed by atoms with Crippen LogP contribution in [-0.4, -0.2) is 58.0 Å². The van der Waals surface area contributed by atoms with Crippen LogP contribution in [0.15, 0.2) is 77.3 Å². The summed E-state index contributed by atoms with van der Waals surface area (Å²) in [5.74, 6) is -1.07. The number of ether oxygens (including phenoxy) is 2. The molecule has 5 aromatic rings. The normalized spacial score (nSPS) is 13.2. The van der Waals surface area contributed by atoms with E-state index in [1.54, 1.807) is 31.2 Å². The molecule has 49 heavy (non-hydrogen) atoms. The average Bonchev–Trinajstić information content (AvgIpc) is 3.70. The molecule has 0 saturated carbocycles. The zero-order valence-corrected chi connectivity index (χ0v) is 27.3. The number of thiazole rings is 1. The molecule has 0 fully saturated rings. The number of alkyl halides is 3. The lowest BCUT2D eigenvalue weighted by Crippen LogP contribution is -2.46. The highest BCUT2D eigenvalue weighted by atomic mass is 32.2. The third-order valence-electron chi connectivity index (χ3n) is 7.12. The maximum atomic E-state index is 13.8. The summed E-state index contributed by atoms with van der Waals surface area (Å²) in [6.45, 7) is 1.49. The Morgan fingerprint density at radius 2 is 1.71 bits per heavy atom. The molecule has 2 atom stereocenters. The van der Waals surface area contributed by atoms with Crippen molar-refractivity contribution in [3.63, 3.8) is 0 Å². The highest BCUT2D eigenvalue weighted by Crippen LogP contribution is 2.30. The van der Waals surface area contributed by atoms with Crippen molar-refractivity contribution in [2.75, 3.05) is 6.61 Å². The number of amides is 1. The third-order valence-corrected chi connectivity index (χ3v) is 9.48. The molecular weight excluding hydrogens is 690 g/mol. The number of nitrogens with two attached hydrogens (primary N) is 1. The monoisotopic (exact) mass is 718 g/mol. The number of rotatable bonds is 13. The fraction of sp³-hybridized carbons (Fsp3) is 0.258. The van der Waals surface area contributed by atoms with Crippen molar-refractivity contribution >= 4 is 43.5 Å². The van der Waals surface area contributed by atoms with E-state index in [4.69, 9.17) is 14.6 Å². The molecule has 0 radical (unpaired) electrons. The number of esters is 1. The third kappa shape index (κ3) is 9.09. The number of aromatic nitrogens is 4. The highest BCUT2D eigenvalue weighted by Gasteiger charge is 2.32. The van der Waals surface area contributed by atoms with Crippen LogP contribution in [0, 0.1) is 0 Å². The first-order valence-electron chi connectivity index (χ1n) is 14.6. The fourth-order valence-electron chi connectivity index (χ4n) is 4.72. The highest BCUT2D eigenvalue weighted by molar-refractivity contribution is 7.91. The minimum atomic E-state index is -4.54. The number of hydrogen-bond acceptors (Lipinski definition) is 11. The Bertz CT molecular complexity index is 2050. The molecule has 0 aliphatic rings. The molecule has 258 valence electrons. The van der Waals surface area contributed by atoms with Crippen LogP contribution >= 0.6 is 11.3 Å². The summed E-state index contributed by atoms with van der Waals surface area (Å²) >= 11 is 0.921. The predicted octanol–water partition coefficient (Wildman–Crippen LogP) is 3.91. The predicted molar refractivity (Wildman–Crippen MR) is 170 cm³/mol. The van der Waals surface area contributed by atoms with E-state index in [1.807, 2.05) is 0 Å².